The van der Waals surface area contributed by atoms with Crippen LogP contribution in [0.4, 0.5) is 11.4 Å². The van der Waals surface area contributed by atoms with E-state index in [1.54, 1.807) is 25.1 Å². The molecule has 1 heterocycles. The second kappa shape index (κ2) is 6.30. The molecule has 0 aliphatic carbocycles. The molecule has 1 fully saturated rings. The molecule has 1 N–H and O–H groups in total. The fourth-order valence-electron chi connectivity index (χ4n) is 2.70. The minimum Gasteiger partial charge on any atom is -0.487 e. The number of nitro groups is 1. The Labute approximate surface area is 124 Å². The number of aliphatic hydroxyl groups is 1. The summed E-state index contributed by atoms with van der Waals surface area (Å²) in [7, 11) is 0. The first-order chi connectivity index (χ1) is 9.94. The van der Waals surface area contributed by atoms with E-state index in [1.165, 1.54) is 0 Å². The van der Waals surface area contributed by atoms with Crippen LogP contribution in [0.5, 0.6) is 5.75 Å². The first-order valence-electron chi connectivity index (χ1n) is 7.32. The normalized spacial score (nSPS) is 22.1. The summed E-state index contributed by atoms with van der Waals surface area (Å²) in [6.07, 6.45) is 2.31. The Balaban J connectivity index is 2.36. The van der Waals surface area contributed by atoms with Crippen molar-refractivity contribution in [2.24, 2.45) is 0 Å². The number of β-amino-alcohol motifs (C(OH)–C–C–N with tert-alkyl or cyclic N) is 1. The van der Waals surface area contributed by atoms with Crippen LogP contribution in [0.25, 0.3) is 0 Å². The molecule has 116 valence electrons. The van der Waals surface area contributed by atoms with E-state index >= 15 is 0 Å². The zero-order valence-corrected chi connectivity index (χ0v) is 12.5. The number of benzene rings is 1. The van der Waals surface area contributed by atoms with Gasteiger partial charge >= 0.3 is 5.69 Å². The molecule has 2 rings (SSSR count). The van der Waals surface area contributed by atoms with E-state index in [9.17, 15) is 15.2 Å². The fourth-order valence-corrected chi connectivity index (χ4v) is 2.70. The maximum atomic E-state index is 11.4. The number of nitro benzene ring substituents is 1. The van der Waals surface area contributed by atoms with Gasteiger partial charge in [0.1, 0.15) is 5.69 Å². The van der Waals surface area contributed by atoms with Gasteiger partial charge in [-0.05, 0) is 38.3 Å². The number of nitrogens with zero attached hydrogens (tertiary/aromatic N) is 2. The molecular weight excluding hydrogens is 272 g/mol. The Morgan fingerprint density at radius 3 is 2.90 bits per heavy atom. The molecule has 1 aliphatic heterocycles. The number of hydrogen-bond donors (Lipinski definition) is 1. The molecule has 0 bridgehead atoms. The largest absolute Gasteiger partial charge is 0.487 e. The van der Waals surface area contributed by atoms with E-state index in [0.29, 0.717) is 37.6 Å². The molecule has 0 aromatic heterocycles. The quantitative estimate of drug-likeness (QED) is 0.667. The second-order valence-electron chi connectivity index (χ2n) is 5.75. The van der Waals surface area contributed by atoms with Crippen molar-refractivity contribution in [1.29, 1.82) is 0 Å². The summed E-state index contributed by atoms with van der Waals surface area (Å²) in [6.45, 7) is 5.27. The van der Waals surface area contributed by atoms with Gasteiger partial charge in [0.2, 0.25) is 0 Å². The first-order valence-corrected chi connectivity index (χ1v) is 7.32. The Bertz CT molecular complexity index is 516. The Morgan fingerprint density at radius 1 is 1.52 bits per heavy atom. The van der Waals surface area contributed by atoms with Crippen LogP contribution >= 0.6 is 0 Å². The molecule has 1 aromatic carbocycles. The Morgan fingerprint density at radius 2 is 2.29 bits per heavy atom. The predicted octanol–water partition coefficient (Wildman–Crippen LogP) is 2.73. The van der Waals surface area contributed by atoms with E-state index in [-0.39, 0.29) is 5.69 Å². The highest BCUT2D eigenvalue weighted by molar-refractivity contribution is 5.70. The van der Waals surface area contributed by atoms with E-state index in [1.807, 2.05) is 11.8 Å². The smallest absolute Gasteiger partial charge is 0.333 e. The van der Waals surface area contributed by atoms with Gasteiger partial charge in [0, 0.05) is 13.1 Å². The minimum absolute atomic E-state index is 0.0105. The average Bonchev–Trinajstić information content (AvgIpc) is 2.43. The fraction of sp³-hybridized carbons (Fsp3) is 0.600. The zero-order chi connectivity index (χ0) is 15.5. The van der Waals surface area contributed by atoms with Crippen LogP contribution < -0.4 is 9.64 Å². The van der Waals surface area contributed by atoms with Crippen molar-refractivity contribution in [2.45, 2.75) is 38.7 Å². The summed E-state index contributed by atoms with van der Waals surface area (Å²) in [4.78, 5) is 12.9. The molecular formula is C15H22N2O4. The summed E-state index contributed by atoms with van der Waals surface area (Å²) in [5.41, 5.74) is -0.302. The maximum Gasteiger partial charge on any atom is 0.333 e. The van der Waals surface area contributed by atoms with E-state index in [4.69, 9.17) is 4.74 Å². The van der Waals surface area contributed by atoms with Crippen LogP contribution in [0.2, 0.25) is 0 Å². The third kappa shape index (κ3) is 3.64. The number of hydrogen-bond acceptors (Lipinski definition) is 5. The van der Waals surface area contributed by atoms with E-state index < -0.39 is 10.5 Å². The maximum absolute atomic E-state index is 11.4. The average molecular weight is 294 g/mol. The molecule has 1 saturated heterocycles. The third-order valence-electron chi connectivity index (χ3n) is 3.64. The molecule has 0 saturated carbocycles. The number of anilines is 1. The minimum atomic E-state index is -0.813. The van der Waals surface area contributed by atoms with Crippen molar-refractivity contribution >= 4 is 11.4 Å². The molecule has 1 aromatic rings. The van der Waals surface area contributed by atoms with Crippen molar-refractivity contribution < 1.29 is 14.8 Å². The van der Waals surface area contributed by atoms with Gasteiger partial charge in [-0.15, -0.1) is 0 Å². The molecule has 1 unspecified atom stereocenters. The van der Waals surface area contributed by atoms with Crippen molar-refractivity contribution in [3.8, 4) is 5.75 Å². The summed E-state index contributed by atoms with van der Waals surface area (Å²) >= 11 is 0. The first kappa shape index (κ1) is 15.6. The van der Waals surface area contributed by atoms with Crippen molar-refractivity contribution in [1.82, 2.24) is 0 Å². The summed E-state index contributed by atoms with van der Waals surface area (Å²) in [5, 5.41) is 21.6. The van der Waals surface area contributed by atoms with Crippen LogP contribution in [0.3, 0.4) is 0 Å². The van der Waals surface area contributed by atoms with Gasteiger partial charge < -0.3 is 14.7 Å². The van der Waals surface area contributed by atoms with Crippen LogP contribution in [0.15, 0.2) is 18.2 Å². The molecule has 21 heavy (non-hydrogen) atoms. The molecule has 6 heteroatoms. The number of ether oxygens (including phenoxy) is 1. The van der Waals surface area contributed by atoms with Crippen LogP contribution in [-0.2, 0) is 0 Å². The van der Waals surface area contributed by atoms with Gasteiger partial charge in [0.15, 0.2) is 5.75 Å². The number of piperidine rings is 1. The lowest BCUT2D eigenvalue weighted by Crippen LogP contribution is -2.46. The van der Waals surface area contributed by atoms with Crippen LogP contribution in [0.1, 0.15) is 33.1 Å². The van der Waals surface area contributed by atoms with E-state index in [2.05, 4.69) is 0 Å². The van der Waals surface area contributed by atoms with Crippen molar-refractivity contribution in [3.05, 3.63) is 28.3 Å². The van der Waals surface area contributed by atoms with E-state index in [0.717, 1.165) is 12.8 Å². The van der Waals surface area contributed by atoms with Gasteiger partial charge in [-0.25, -0.2) is 0 Å². The number of para-hydroxylation sites is 1. The SMILES string of the molecule is CCCOc1cccc(N2CCCC(C)(O)C2)c1[N+](=O)[O-]. The Hall–Kier alpha value is -1.82. The lowest BCUT2D eigenvalue weighted by atomic mass is 9.94. The second-order valence-corrected chi connectivity index (χ2v) is 5.75. The molecule has 6 nitrogen and oxygen atoms in total. The summed E-state index contributed by atoms with van der Waals surface area (Å²) in [5.74, 6) is 0.296. The van der Waals surface area contributed by atoms with Crippen LogP contribution in [-0.4, -0.2) is 35.3 Å². The van der Waals surface area contributed by atoms with Gasteiger partial charge in [0.05, 0.1) is 17.1 Å². The lowest BCUT2D eigenvalue weighted by molar-refractivity contribution is -0.385. The highest BCUT2D eigenvalue weighted by atomic mass is 16.6. The predicted molar refractivity (Wildman–Crippen MR) is 81.0 cm³/mol. The lowest BCUT2D eigenvalue weighted by Gasteiger charge is -2.38. The van der Waals surface area contributed by atoms with Crippen molar-refractivity contribution in [3.63, 3.8) is 0 Å². The standard InChI is InChI=1S/C15H22N2O4/c1-3-10-21-13-7-4-6-12(14(13)17(19)20)16-9-5-8-15(2,18)11-16/h4,6-7,18H,3,5,8-11H2,1-2H3. The Kier molecular flexibility index (Phi) is 4.67. The third-order valence-corrected chi connectivity index (χ3v) is 3.64. The summed E-state index contributed by atoms with van der Waals surface area (Å²) < 4.78 is 5.50. The van der Waals surface area contributed by atoms with Crippen molar-refractivity contribution in [2.75, 3.05) is 24.6 Å². The summed E-state index contributed by atoms with van der Waals surface area (Å²) in [6, 6.07) is 5.11. The number of rotatable bonds is 5. The van der Waals surface area contributed by atoms with Crippen LogP contribution in [0, 0.1) is 10.1 Å². The highest BCUT2D eigenvalue weighted by Gasteiger charge is 2.33. The zero-order valence-electron chi connectivity index (χ0n) is 12.5. The highest BCUT2D eigenvalue weighted by Crippen LogP contribution is 2.39. The van der Waals surface area contributed by atoms with Gasteiger partial charge in [0.25, 0.3) is 0 Å². The van der Waals surface area contributed by atoms with Gasteiger partial charge in [-0.3, -0.25) is 10.1 Å². The van der Waals surface area contributed by atoms with Gasteiger partial charge in [-0.2, -0.15) is 0 Å². The monoisotopic (exact) mass is 294 g/mol. The molecule has 0 amide bonds. The topological polar surface area (TPSA) is 75.8 Å². The molecule has 0 radical (unpaired) electrons. The van der Waals surface area contributed by atoms with Gasteiger partial charge in [-0.1, -0.05) is 13.0 Å². The molecule has 0 spiro atoms. The molecule has 1 aliphatic rings. The molecule has 1 atom stereocenters.